The summed E-state index contributed by atoms with van der Waals surface area (Å²) in [4.78, 5) is 29.2. The molecule has 1 unspecified atom stereocenters. The maximum absolute atomic E-state index is 13.2. The molecule has 2 aromatic rings. The Hall–Kier alpha value is -2.93. The van der Waals surface area contributed by atoms with Crippen LogP contribution in [0.5, 0.6) is 0 Å². The molecule has 7 heteroatoms. The predicted octanol–water partition coefficient (Wildman–Crippen LogP) is 2.94. The summed E-state index contributed by atoms with van der Waals surface area (Å²) >= 11 is 0. The van der Waals surface area contributed by atoms with Crippen LogP contribution in [0.15, 0.2) is 52.7 Å². The maximum atomic E-state index is 13.2. The summed E-state index contributed by atoms with van der Waals surface area (Å²) in [7, 11) is 0. The molecule has 2 aliphatic rings. The predicted molar refractivity (Wildman–Crippen MR) is 99.8 cm³/mol. The summed E-state index contributed by atoms with van der Waals surface area (Å²) in [6.45, 7) is 2.97. The Bertz CT molecular complexity index is 899. The fraction of sp³-hybridized carbons (Fsp3) is 0.333. The van der Waals surface area contributed by atoms with Crippen LogP contribution in [0.4, 0.5) is 4.39 Å². The standard InChI is InChI=1S/C21H21FN2O4/c22-15-7-5-14(6-8-15)19(25)17-18(16-4-3-13-28-16)24(21(27)20(17)26)12-11-23-9-1-2-10-23/h3-8,13,18,25H,1-2,9-12H2/b19-17+. The van der Waals surface area contributed by atoms with Crippen molar-refractivity contribution in [2.75, 3.05) is 26.2 Å². The molecule has 1 aromatic carbocycles. The number of furan rings is 1. The number of nitrogens with zero attached hydrogens (tertiary/aromatic N) is 2. The molecule has 6 nitrogen and oxygen atoms in total. The lowest BCUT2D eigenvalue weighted by molar-refractivity contribution is -0.140. The van der Waals surface area contributed by atoms with Crippen molar-refractivity contribution in [2.45, 2.75) is 18.9 Å². The van der Waals surface area contributed by atoms with E-state index in [2.05, 4.69) is 4.90 Å². The summed E-state index contributed by atoms with van der Waals surface area (Å²) in [5, 5.41) is 10.8. The van der Waals surface area contributed by atoms with Crippen LogP contribution in [-0.2, 0) is 9.59 Å². The molecule has 0 radical (unpaired) electrons. The monoisotopic (exact) mass is 384 g/mol. The Morgan fingerprint density at radius 2 is 1.82 bits per heavy atom. The number of hydrogen-bond donors (Lipinski definition) is 1. The van der Waals surface area contributed by atoms with Crippen molar-refractivity contribution in [3.05, 3.63) is 65.4 Å². The van der Waals surface area contributed by atoms with Crippen LogP contribution >= 0.6 is 0 Å². The van der Waals surface area contributed by atoms with Crippen molar-refractivity contribution in [2.24, 2.45) is 0 Å². The number of likely N-dealkylation sites (tertiary alicyclic amines) is 2. The average molecular weight is 384 g/mol. The highest BCUT2D eigenvalue weighted by Gasteiger charge is 2.47. The van der Waals surface area contributed by atoms with Gasteiger partial charge in [0.2, 0.25) is 0 Å². The van der Waals surface area contributed by atoms with Crippen LogP contribution in [0.2, 0.25) is 0 Å². The minimum atomic E-state index is -0.803. The van der Waals surface area contributed by atoms with E-state index in [-0.39, 0.29) is 16.9 Å². The number of Topliss-reactive ketones (excluding diaryl/α,β-unsaturated/α-hetero) is 1. The number of halogens is 1. The highest BCUT2D eigenvalue weighted by molar-refractivity contribution is 6.46. The summed E-state index contributed by atoms with van der Waals surface area (Å²) in [5.41, 5.74) is 0.239. The number of ketones is 1. The summed E-state index contributed by atoms with van der Waals surface area (Å²) in [6.07, 6.45) is 3.73. The molecule has 3 heterocycles. The van der Waals surface area contributed by atoms with Gasteiger partial charge in [-0.2, -0.15) is 0 Å². The Balaban J connectivity index is 1.71. The average Bonchev–Trinajstić information content (AvgIpc) is 3.43. The molecular formula is C21H21FN2O4. The van der Waals surface area contributed by atoms with Gasteiger partial charge in [-0.1, -0.05) is 0 Å². The fourth-order valence-electron chi connectivity index (χ4n) is 3.87. The van der Waals surface area contributed by atoms with Crippen LogP contribution in [0.3, 0.4) is 0 Å². The first-order valence-electron chi connectivity index (χ1n) is 9.36. The van der Waals surface area contributed by atoms with Crippen LogP contribution in [0.25, 0.3) is 5.76 Å². The van der Waals surface area contributed by atoms with E-state index >= 15 is 0 Å². The fourth-order valence-corrected chi connectivity index (χ4v) is 3.87. The highest BCUT2D eigenvalue weighted by Crippen LogP contribution is 2.39. The van der Waals surface area contributed by atoms with Gasteiger partial charge in [-0.15, -0.1) is 0 Å². The third-order valence-electron chi connectivity index (χ3n) is 5.33. The number of rotatable bonds is 5. The van der Waals surface area contributed by atoms with E-state index in [0.29, 0.717) is 18.8 Å². The van der Waals surface area contributed by atoms with Gasteiger partial charge in [0.25, 0.3) is 11.7 Å². The molecule has 2 saturated heterocycles. The smallest absolute Gasteiger partial charge is 0.295 e. The number of carbonyl (C=O) groups excluding carboxylic acids is 2. The van der Waals surface area contributed by atoms with E-state index in [4.69, 9.17) is 4.42 Å². The Morgan fingerprint density at radius 1 is 1.11 bits per heavy atom. The van der Waals surface area contributed by atoms with Gasteiger partial charge in [0, 0.05) is 18.7 Å². The molecule has 1 aromatic heterocycles. The molecule has 2 fully saturated rings. The van der Waals surface area contributed by atoms with E-state index < -0.39 is 23.5 Å². The third kappa shape index (κ3) is 3.33. The largest absolute Gasteiger partial charge is 0.507 e. The van der Waals surface area contributed by atoms with Crippen LogP contribution in [0.1, 0.15) is 30.2 Å². The van der Waals surface area contributed by atoms with Crippen molar-refractivity contribution in [1.82, 2.24) is 9.80 Å². The second-order valence-electron chi connectivity index (χ2n) is 7.06. The molecule has 1 amide bonds. The van der Waals surface area contributed by atoms with Gasteiger partial charge in [-0.05, 0) is 62.3 Å². The SMILES string of the molecule is O=C1C(=O)N(CCN2CCCC2)C(c2ccco2)/C1=C(\O)c1ccc(F)cc1. The lowest BCUT2D eigenvalue weighted by Crippen LogP contribution is -2.37. The Labute approximate surface area is 161 Å². The molecule has 0 aliphatic carbocycles. The summed E-state index contributed by atoms with van der Waals surface area (Å²) in [6, 6.07) is 7.69. The van der Waals surface area contributed by atoms with Crippen LogP contribution in [0, 0.1) is 5.82 Å². The zero-order valence-electron chi connectivity index (χ0n) is 15.3. The van der Waals surface area contributed by atoms with Crippen LogP contribution < -0.4 is 0 Å². The van der Waals surface area contributed by atoms with Crippen molar-refractivity contribution < 1.29 is 23.5 Å². The first kappa shape index (κ1) is 18.4. The Kier molecular flexibility index (Phi) is 5.00. The molecule has 2 aliphatic heterocycles. The normalized spacial score (nSPS) is 22.3. The number of carbonyl (C=O) groups is 2. The number of aliphatic hydroxyl groups excluding tert-OH is 1. The second kappa shape index (κ2) is 7.59. The third-order valence-corrected chi connectivity index (χ3v) is 5.33. The molecular weight excluding hydrogens is 363 g/mol. The first-order valence-corrected chi connectivity index (χ1v) is 9.36. The van der Waals surface area contributed by atoms with Gasteiger partial charge in [0.15, 0.2) is 0 Å². The summed E-state index contributed by atoms with van der Waals surface area (Å²) in [5.74, 6) is -1.80. The van der Waals surface area contributed by atoms with Gasteiger partial charge < -0.3 is 19.3 Å². The molecule has 0 saturated carbocycles. The zero-order chi connectivity index (χ0) is 19.7. The number of amides is 1. The minimum absolute atomic E-state index is 0.0343. The lowest BCUT2D eigenvalue weighted by atomic mass is 9.99. The van der Waals surface area contributed by atoms with Gasteiger partial charge in [-0.3, -0.25) is 9.59 Å². The Morgan fingerprint density at radius 3 is 2.46 bits per heavy atom. The van der Waals surface area contributed by atoms with Gasteiger partial charge in [0.05, 0.1) is 11.8 Å². The molecule has 1 N–H and O–H groups in total. The van der Waals surface area contributed by atoms with Crippen LogP contribution in [-0.4, -0.2) is 52.8 Å². The quantitative estimate of drug-likeness (QED) is 0.487. The molecule has 146 valence electrons. The number of benzene rings is 1. The second-order valence-corrected chi connectivity index (χ2v) is 7.06. The van der Waals surface area contributed by atoms with Gasteiger partial charge in [0.1, 0.15) is 23.4 Å². The number of hydrogen-bond acceptors (Lipinski definition) is 5. The minimum Gasteiger partial charge on any atom is -0.507 e. The van der Waals surface area contributed by atoms with E-state index in [1.165, 1.54) is 35.4 Å². The summed E-state index contributed by atoms with van der Waals surface area (Å²) < 4.78 is 18.7. The molecule has 1 atom stereocenters. The van der Waals surface area contributed by atoms with E-state index in [1.807, 2.05) is 0 Å². The van der Waals surface area contributed by atoms with Crippen molar-refractivity contribution >= 4 is 17.4 Å². The van der Waals surface area contributed by atoms with E-state index in [9.17, 15) is 19.1 Å². The molecule has 4 rings (SSSR count). The van der Waals surface area contributed by atoms with Crippen molar-refractivity contribution in [3.63, 3.8) is 0 Å². The molecule has 0 spiro atoms. The van der Waals surface area contributed by atoms with Crippen molar-refractivity contribution in [1.29, 1.82) is 0 Å². The molecule has 0 bridgehead atoms. The van der Waals surface area contributed by atoms with Crippen molar-refractivity contribution in [3.8, 4) is 0 Å². The topological polar surface area (TPSA) is 74.0 Å². The first-order chi connectivity index (χ1) is 13.6. The molecule has 28 heavy (non-hydrogen) atoms. The lowest BCUT2D eigenvalue weighted by Gasteiger charge is -2.25. The van der Waals surface area contributed by atoms with E-state index in [1.54, 1.807) is 12.1 Å². The van der Waals surface area contributed by atoms with Gasteiger partial charge in [-0.25, -0.2) is 4.39 Å². The number of aliphatic hydroxyl groups is 1. The van der Waals surface area contributed by atoms with Gasteiger partial charge >= 0.3 is 0 Å². The highest BCUT2D eigenvalue weighted by atomic mass is 19.1. The maximum Gasteiger partial charge on any atom is 0.295 e. The zero-order valence-corrected chi connectivity index (χ0v) is 15.3. The van der Waals surface area contributed by atoms with E-state index in [0.717, 1.165) is 25.9 Å².